The molecule has 0 atom stereocenters. The molecule has 145 heavy (non-hydrogen) atoms. The fraction of sp³-hybridized carbons (Fsp3) is 0.295. The Morgan fingerprint density at radius 2 is 0.669 bits per heavy atom. The van der Waals surface area contributed by atoms with E-state index in [0.29, 0.717) is 134 Å². The Morgan fingerprint density at radius 3 is 1.03 bits per heavy atom. The van der Waals surface area contributed by atoms with Gasteiger partial charge in [0.2, 0.25) is 30.8 Å². The summed E-state index contributed by atoms with van der Waals surface area (Å²) in [5, 5.41) is 33.2. The summed E-state index contributed by atoms with van der Waals surface area (Å²) in [5.74, 6) is 2.61. The first-order valence-electron chi connectivity index (χ1n) is 44.4. The molecule has 0 radical (unpaired) electrons. The average Bonchev–Trinajstić information content (AvgIpc) is 1.58. The molecule has 14 aromatic rings. The van der Waals surface area contributed by atoms with Gasteiger partial charge in [-0.2, -0.15) is 31.8 Å². The summed E-state index contributed by atoms with van der Waals surface area (Å²) in [4.78, 5) is 110. The van der Waals surface area contributed by atoms with E-state index in [4.69, 9.17) is 33.2 Å². The number of hydrogen-bond acceptors (Lipinski definition) is 32. The van der Waals surface area contributed by atoms with Crippen LogP contribution in [0, 0.1) is 71.4 Å². The first-order valence-corrected chi connectivity index (χ1v) is 49.0. The maximum absolute atomic E-state index is 13.7. The number of benzene rings is 8. The maximum atomic E-state index is 13.7. The Labute approximate surface area is 855 Å². The summed E-state index contributed by atoms with van der Waals surface area (Å²) in [7, 11) is 2.87. The van der Waals surface area contributed by atoms with Gasteiger partial charge in [-0.3, -0.25) is 36.7 Å². The van der Waals surface area contributed by atoms with Crippen molar-refractivity contribution in [2.24, 2.45) is 29.6 Å². The highest BCUT2D eigenvalue weighted by atomic mass is 32.1. The highest BCUT2D eigenvalue weighted by molar-refractivity contribution is 7.11. The number of urea groups is 6. The monoisotopic (exact) mass is 2110 g/mol. The number of amides is 12. The number of anilines is 12. The van der Waals surface area contributed by atoms with Gasteiger partial charge < -0.3 is 65.1 Å². The summed E-state index contributed by atoms with van der Waals surface area (Å²) in [6, 6.07) is 36.4. The van der Waals surface area contributed by atoms with E-state index in [2.05, 4.69) is 120 Å². The van der Waals surface area contributed by atoms with Gasteiger partial charge in [0.25, 0.3) is 0 Å². The second-order valence-corrected chi connectivity index (χ2v) is 37.2. The number of aromatic nitrogens is 12. The van der Waals surface area contributed by atoms with Crippen LogP contribution in [0.4, 0.5) is 120 Å². The zero-order chi connectivity index (χ0) is 105. The third-order valence-electron chi connectivity index (χ3n) is 17.6. The third-order valence-corrected chi connectivity index (χ3v) is 21.5. The summed E-state index contributed by atoms with van der Waals surface area (Å²) in [6.07, 6.45) is 2.00. The number of para-hydroxylation sites is 1. The molecule has 0 aliphatic rings. The molecule has 50 heteroatoms. The molecule has 0 aliphatic carbocycles. The maximum Gasteiger partial charge on any atom is 0.329 e. The first kappa shape index (κ1) is 113. The Kier molecular flexibility index (Phi) is 45.0. The molecule has 0 fully saturated rings. The minimum absolute atomic E-state index is 0.00177. The fourth-order valence-corrected chi connectivity index (χ4v) is 14.5. The average molecular weight is 2110 g/mol. The van der Waals surface area contributed by atoms with Crippen molar-refractivity contribution in [3.05, 3.63) is 234 Å². The number of nitrogens with zero attached hydrogens (tertiary/aromatic N) is 12. The van der Waals surface area contributed by atoms with Crippen molar-refractivity contribution >= 4 is 176 Å². The summed E-state index contributed by atoms with van der Waals surface area (Å²) in [5.41, 5.74) is 3.20. The van der Waals surface area contributed by atoms with Crippen LogP contribution < -0.4 is 97.0 Å². The van der Waals surface area contributed by atoms with Crippen molar-refractivity contribution in [2.45, 2.75) is 109 Å². The fourth-order valence-electron chi connectivity index (χ4n) is 11.0. The lowest BCUT2D eigenvalue weighted by molar-refractivity contribution is 0.103. The van der Waals surface area contributed by atoms with E-state index >= 15 is 0 Å². The van der Waals surface area contributed by atoms with Gasteiger partial charge in [0.15, 0.2) is 11.6 Å². The van der Waals surface area contributed by atoms with E-state index in [1.54, 1.807) is 31.2 Å². The van der Waals surface area contributed by atoms with Gasteiger partial charge in [-0.1, -0.05) is 132 Å². The van der Waals surface area contributed by atoms with E-state index in [0.717, 1.165) is 86.9 Å². The molecule has 8 aromatic carbocycles. The molecule has 0 spiro atoms. The standard InChI is InChI=1S/C19H19FN4O2S.C17H13FN4O3S.C16H21FN4O2S.C15H19FN4O2S.C14H17FN4O3S.C14H17FN4O2S/c1-12(2)11-26-16-10-14(20)8-9-15(16)21-18(25)23-19-22-17(24-27-19)13-6-4-3-5-7-13;1-25-14-5-3-2-4-11(14)15(23)12-8-10(18)6-7-13(12)21-16(24)22-17-19-9-20-26-17;1-9(2)8-23-13-7-11(17)5-6-12(13)18-15(22)20-16-19-14(10(3)4)21-24-16;1-4-13-18-15(23-20-13)19-14(21)17-11-6-5-10(16)7-12(11)22-8-9(2)3;1-8(2)7-22-11-6-9(15)4-5-10(11)16-12(20)17-14-18-13(21-3)19-23-14;1-8(2)7-21-12-6-10(15)4-5-11(12)17-13(20)18-14-16-9(3)19-22-14/h3-10,12H,11H2,1-2H3,(H2,21,22,23,24,25);2-9H,1H3,(H2,19,20,21,22,24);5-7,9-10H,8H2,1-4H3,(H2,18,19,20,21,22);5-7,9H,4,8H2,1-3H3,(H2,17,18,19,20,21);4-6,8H,7H2,1-3H3,(H2,16,17,18,19,20);4-6,8H,7H2,1-3H3,(H2,16,17,18,19,20). The van der Waals surface area contributed by atoms with E-state index in [9.17, 15) is 59.9 Å². The Balaban J connectivity index is 0.000000194. The third kappa shape index (κ3) is 39.4. The van der Waals surface area contributed by atoms with Gasteiger partial charge in [0, 0.05) is 123 Å². The van der Waals surface area contributed by atoms with Gasteiger partial charge in [-0.05, 0) is 128 Å². The first-order chi connectivity index (χ1) is 69.3. The number of ketones is 1. The zero-order valence-electron chi connectivity index (χ0n) is 81.2. The quantitative estimate of drug-likeness (QED) is 0.0132. The molecule has 12 N–H and O–H groups in total. The molecule has 6 heterocycles. The predicted molar refractivity (Wildman–Crippen MR) is 552 cm³/mol. The van der Waals surface area contributed by atoms with Crippen molar-refractivity contribution in [3.63, 3.8) is 0 Å². The Hall–Kier alpha value is -15.4. The lowest BCUT2D eigenvalue weighted by Crippen LogP contribution is -2.21. The van der Waals surface area contributed by atoms with Gasteiger partial charge in [0.05, 0.1) is 86.9 Å². The van der Waals surface area contributed by atoms with Crippen LogP contribution in [0.2, 0.25) is 0 Å². The minimum Gasteiger partial charge on any atom is -0.496 e. The molecule has 14 rings (SSSR count). The molecule has 6 aromatic heterocycles. The van der Waals surface area contributed by atoms with E-state index < -0.39 is 76.9 Å². The van der Waals surface area contributed by atoms with Crippen LogP contribution >= 0.6 is 69.2 Å². The second kappa shape index (κ2) is 57.6. The minimum atomic E-state index is -0.623. The van der Waals surface area contributed by atoms with Crippen LogP contribution in [0.5, 0.6) is 40.5 Å². The lowest BCUT2D eigenvalue weighted by Gasteiger charge is -2.14. The lowest BCUT2D eigenvalue weighted by atomic mass is 10.0. The molecule has 768 valence electrons. The van der Waals surface area contributed by atoms with Crippen molar-refractivity contribution in [1.29, 1.82) is 0 Å². The van der Waals surface area contributed by atoms with Gasteiger partial charge in [-0.25, -0.2) is 75.0 Å². The number of carbonyl (C=O) groups is 7. The van der Waals surface area contributed by atoms with Gasteiger partial charge in [-0.15, -0.1) is 4.37 Å². The molecule has 0 saturated carbocycles. The molecular formula is C95H106F6N24O14S6. The number of halogens is 6. The molecular weight excluding hydrogens is 2010 g/mol. The summed E-state index contributed by atoms with van der Waals surface area (Å²) in [6.45, 7) is 29.5. The van der Waals surface area contributed by atoms with Crippen LogP contribution in [-0.2, 0) is 6.42 Å². The number of methoxy groups -OCH3 is 2. The Bertz CT molecular complexity index is 6450. The highest BCUT2D eigenvalue weighted by Crippen LogP contribution is 2.35. The molecule has 0 aliphatic heterocycles. The van der Waals surface area contributed by atoms with Crippen LogP contribution in [0.15, 0.2) is 170 Å². The van der Waals surface area contributed by atoms with Crippen molar-refractivity contribution in [2.75, 3.05) is 111 Å². The van der Waals surface area contributed by atoms with Gasteiger partial charge >= 0.3 is 42.2 Å². The highest BCUT2D eigenvalue weighted by Gasteiger charge is 2.24. The van der Waals surface area contributed by atoms with Crippen LogP contribution in [0.1, 0.15) is 129 Å². The van der Waals surface area contributed by atoms with E-state index in [1.165, 1.54) is 118 Å². The summed E-state index contributed by atoms with van der Waals surface area (Å²) >= 11 is 6.37. The van der Waals surface area contributed by atoms with Gasteiger partial charge in [0.1, 0.15) is 93.2 Å². The summed E-state index contributed by atoms with van der Waals surface area (Å²) < 4.78 is 143. The van der Waals surface area contributed by atoms with Crippen molar-refractivity contribution < 1.29 is 93.1 Å². The van der Waals surface area contributed by atoms with Crippen LogP contribution in [-0.4, -0.2) is 145 Å². The Morgan fingerprint density at radius 1 is 0.324 bits per heavy atom. The number of ether oxygens (including phenoxy) is 7. The molecule has 12 amide bonds. The predicted octanol–water partition coefficient (Wildman–Crippen LogP) is 24.0. The molecule has 0 unspecified atom stereocenters. The number of rotatable bonds is 34. The van der Waals surface area contributed by atoms with E-state index in [1.807, 2.05) is 120 Å². The number of carbonyl (C=O) groups excluding carboxylic acids is 7. The van der Waals surface area contributed by atoms with Crippen LogP contribution in [0.25, 0.3) is 11.4 Å². The molecule has 38 nitrogen and oxygen atoms in total. The molecule has 0 saturated heterocycles. The number of aryl methyl sites for hydroxylation is 2. The normalized spacial score (nSPS) is 10.6. The largest absolute Gasteiger partial charge is 0.496 e. The topological polar surface area (TPSA) is 483 Å². The van der Waals surface area contributed by atoms with Crippen molar-refractivity contribution in [1.82, 2.24) is 56.1 Å². The number of hydrogen-bond donors (Lipinski definition) is 12. The van der Waals surface area contributed by atoms with Crippen LogP contribution in [0.3, 0.4) is 0 Å². The van der Waals surface area contributed by atoms with Crippen molar-refractivity contribution in [3.8, 4) is 51.9 Å². The smallest absolute Gasteiger partial charge is 0.329 e. The molecule has 0 bridgehead atoms. The number of nitrogens with one attached hydrogen (secondary N) is 12. The SMILES string of the molecule is CC(C)COc1cc(F)ccc1NC(=O)Nc1nc(-c2ccccc2)ns1.CC(C)COc1cc(F)ccc1NC(=O)Nc1nc(C(C)C)ns1.CCc1nsc(NC(=O)Nc2ccc(F)cc2OCC(C)C)n1.COc1ccccc1C(=O)c1cc(F)ccc1NC(=O)Nc1ncns1.COc1nsc(NC(=O)Nc2ccc(F)cc2OCC(C)C)n1.Cc1nsc(NC(=O)Nc2ccc(F)cc2OCC(C)C)n1. The zero-order valence-corrected chi connectivity index (χ0v) is 86.1. The van der Waals surface area contributed by atoms with E-state index in [-0.39, 0.29) is 80.7 Å². The second-order valence-electron chi connectivity index (χ2n) is 32.7.